The van der Waals surface area contributed by atoms with Crippen LogP contribution in [0.4, 0.5) is 0 Å². The molecule has 20 heavy (non-hydrogen) atoms. The van der Waals surface area contributed by atoms with E-state index >= 15 is 0 Å². The van der Waals surface area contributed by atoms with Gasteiger partial charge in [-0.25, -0.2) is 0 Å². The molecule has 0 saturated heterocycles. The summed E-state index contributed by atoms with van der Waals surface area (Å²) in [6.07, 6.45) is 3.59. The molecule has 0 radical (unpaired) electrons. The van der Waals surface area contributed by atoms with Crippen LogP contribution in [-0.4, -0.2) is 33.0 Å². The molecule has 0 fully saturated rings. The third kappa shape index (κ3) is 2.11. The molecule has 1 aliphatic heterocycles. The second-order valence-corrected chi connectivity index (χ2v) is 5.10. The molecule has 0 N–H and O–H groups in total. The number of benzene rings is 1. The van der Waals surface area contributed by atoms with Gasteiger partial charge in [0, 0.05) is 25.5 Å². The smallest absolute Gasteiger partial charge is 0.261 e. The number of imide groups is 1. The maximum absolute atomic E-state index is 12.2. The first-order valence-corrected chi connectivity index (χ1v) is 6.59. The van der Waals surface area contributed by atoms with Gasteiger partial charge in [0.05, 0.1) is 11.1 Å². The third-order valence-corrected chi connectivity index (χ3v) is 3.43. The fourth-order valence-electron chi connectivity index (χ4n) is 2.50. The molecule has 0 saturated carbocycles. The largest absolute Gasteiger partial charge is 0.274 e. The average Bonchev–Trinajstić information content (AvgIpc) is 3.03. The highest BCUT2D eigenvalue weighted by Gasteiger charge is 2.35. The topological polar surface area (TPSA) is 55.2 Å². The number of carbonyl (C=O) groups excluding carboxylic acids is 2. The highest BCUT2D eigenvalue weighted by molar-refractivity contribution is 6.21. The van der Waals surface area contributed by atoms with Crippen LogP contribution in [0.5, 0.6) is 0 Å². The van der Waals surface area contributed by atoms with Crippen molar-refractivity contribution in [2.24, 2.45) is 5.92 Å². The zero-order chi connectivity index (χ0) is 14.1. The van der Waals surface area contributed by atoms with Crippen LogP contribution in [0.1, 0.15) is 27.6 Å². The number of aromatic nitrogens is 2. The van der Waals surface area contributed by atoms with Crippen molar-refractivity contribution in [2.45, 2.75) is 13.5 Å². The first-order chi connectivity index (χ1) is 9.66. The molecule has 0 spiro atoms. The summed E-state index contributed by atoms with van der Waals surface area (Å²) in [6.45, 7) is 3.10. The van der Waals surface area contributed by atoms with Gasteiger partial charge in [0.25, 0.3) is 11.8 Å². The molecule has 2 aromatic rings. The van der Waals surface area contributed by atoms with Crippen molar-refractivity contribution in [3.8, 4) is 0 Å². The molecular weight excluding hydrogens is 254 g/mol. The minimum absolute atomic E-state index is 0.150. The average molecular weight is 269 g/mol. The molecule has 1 atom stereocenters. The van der Waals surface area contributed by atoms with Gasteiger partial charge in [-0.1, -0.05) is 19.1 Å². The Morgan fingerprint density at radius 3 is 2.25 bits per heavy atom. The Balaban J connectivity index is 1.73. The summed E-state index contributed by atoms with van der Waals surface area (Å²) >= 11 is 0. The Labute approximate surface area is 116 Å². The van der Waals surface area contributed by atoms with Gasteiger partial charge in [0.2, 0.25) is 0 Å². The fraction of sp³-hybridized carbons (Fsp3) is 0.267. The van der Waals surface area contributed by atoms with Gasteiger partial charge in [-0.2, -0.15) is 5.10 Å². The predicted octanol–water partition coefficient (Wildman–Crippen LogP) is 1.82. The molecule has 0 aliphatic carbocycles. The lowest BCUT2D eigenvalue weighted by Gasteiger charge is -2.19. The van der Waals surface area contributed by atoms with E-state index in [2.05, 4.69) is 5.10 Å². The van der Waals surface area contributed by atoms with Gasteiger partial charge >= 0.3 is 0 Å². The minimum Gasteiger partial charge on any atom is -0.274 e. The predicted molar refractivity (Wildman–Crippen MR) is 73.2 cm³/mol. The van der Waals surface area contributed by atoms with Crippen LogP contribution in [0.25, 0.3) is 0 Å². The molecular formula is C15H15N3O2. The van der Waals surface area contributed by atoms with Crippen LogP contribution in [-0.2, 0) is 6.54 Å². The standard InChI is InChI=1S/C15H15N3O2/c1-11(9-17-8-4-7-16-17)10-18-14(19)12-5-2-3-6-13(12)15(18)20/h2-8,11H,9-10H2,1H3/t11-/m1/s1. The lowest BCUT2D eigenvalue weighted by molar-refractivity contribution is 0.0627. The van der Waals surface area contributed by atoms with Crippen LogP contribution in [0.3, 0.4) is 0 Å². The molecule has 0 unspecified atom stereocenters. The van der Waals surface area contributed by atoms with E-state index in [0.29, 0.717) is 24.2 Å². The highest BCUT2D eigenvalue weighted by Crippen LogP contribution is 2.23. The summed E-state index contributed by atoms with van der Waals surface area (Å²) in [5, 5.41) is 4.14. The van der Waals surface area contributed by atoms with Gasteiger partial charge in [0.15, 0.2) is 0 Å². The second-order valence-electron chi connectivity index (χ2n) is 5.10. The maximum atomic E-state index is 12.2. The summed E-state index contributed by atoms with van der Waals surface area (Å²) in [6, 6.07) is 8.82. The SMILES string of the molecule is C[C@@H](CN1C(=O)c2ccccc2C1=O)Cn1cccn1. The number of rotatable bonds is 4. The number of fused-ring (bicyclic) bond motifs is 1. The lowest BCUT2D eigenvalue weighted by atomic mass is 10.1. The Bertz CT molecular complexity index is 614. The maximum Gasteiger partial charge on any atom is 0.261 e. The fourth-order valence-corrected chi connectivity index (χ4v) is 2.50. The van der Waals surface area contributed by atoms with Crippen molar-refractivity contribution < 1.29 is 9.59 Å². The van der Waals surface area contributed by atoms with Crippen molar-refractivity contribution in [3.05, 3.63) is 53.9 Å². The van der Waals surface area contributed by atoms with Crippen molar-refractivity contribution >= 4 is 11.8 Å². The first kappa shape index (κ1) is 12.6. The van der Waals surface area contributed by atoms with Crippen LogP contribution >= 0.6 is 0 Å². The molecule has 102 valence electrons. The van der Waals surface area contributed by atoms with E-state index in [0.717, 1.165) is 0 Å². The van der Waals surface area contributed by atoms with Crippen molar-refractivity contribution in [1.29, 1.82) is 0 Å². The number of carbonyl (C=O) groups is 2. The molecule has 5 nitrogen and oxygen atoms in total. The van der Waals surface area contributed by atoms with Gasteiger partial charge in [-0.05, 0) is 24.1 Å². The number of amides is 2. The molecule has 1 aromatic heterocycles. The van der Waals surface area contributed by atoms with Crippen molar-refractivity contribution in [2.75, 3.05) is 6.54 Å². The van der Waals surface area contributed by atoms with E-state index < -0.39 is 0 Å². The van der Waals surface area contributed by atoms with E-state index in [1.54, 1.807) is 30.5 Å². The highest BCUT2D eigenvalue weighted by atomic mass is 16.2. The van der Waals surface area contributed by atoms with Crippen molar-refractivity contribution in [3.63, 3.8) is 0 Å². The Morgan fingerprint density at radius 2 is 1.70 bits per heavy atom. The normalized spacial score (nSPS) is 15.6. The molecule has 1 aromatic carbocycles. The summed E-state index contributed by atoms with van der Waals surface area (Å²) in [4.78, 5) is 25.8. The Kier molecular flexibility index (Phi) is 3.10. The van der Waals surface area contributed by atoms with Crippen LogP contribution < -0.4 is 0 Å². The summed E-state index contributed by atoms with van der Waals surface area (Å²) in [5.74, 6) is -0.243. The summed E-state index contributed by atoms with van der Waals surface area (Å²) in [7, 11) is 0. The first-order valence-electron chi connectivity index (χ1n) is 6.59. The minimum atomic E-state index is -0.196. The van der Waals surface area contributed by atoms with Gasteiger partial charge < -0.3 is 0 Å². The molecule has 2 heterocycles. The quantitative estimate of drug-likeness (QED) is 0.795. The van der Waals surface area contributed by atoms with Gasteiger partial charge in [-0.15, -0.1) is 0 Å². The molecule has 0 bridgehead atoms. The van der Waals surface area contributed by atoms with Gasteiger partial charge in [0.1, 0.15) is 0 Å². The number of nitrogens with zero attached hydrogens (tertiary/aromatic N) is 3. The van der Waals surface area contributed by atoms with E-state index in [4.69, 9.17) is 0 Å². The monoisotopic (exact) mass is 269 g/mol. The zero-order valence-electron chi connectivity index (χ0n) is 11.2. The number of hydrogen-bond acceptors (Lipinski definition) is 3. The van der Waals surface area contributed by atoms with Crippen LogP contribution in [0.2, 0.25) is 0 Å². The van der Waals surface area contributed by atoms with E-state index in [1.165, 1.54) is 4.90 Å². The van der Waals surface area contributed by atoms with Crippen LogP contribution in [0, 0.1) is 5.92 Å². The van der Waals surface area contributed by atoms with E-state index in [1.807, 2.05) is 23.9 Å². The molecule has 1 aliphatic rings. The van der Waals surface area contributed by atoms with E-state index in [-0.39, 0.29) is 17.7 Å². The lowest BCUT2D eigenvalue weighted by Crippen LogP contribution is -2.35. The molecule has 5 heteroatoms. The molecule has 3 rings (SSSR count). The van der Waals surface area contributed by atoms with Crippen molar-refractivity contribution in [1.82, 2.24) is 14.7 Å². The number of hydrogen-bond donors (Lipinski definition) is 0. The molecule has 2 amide bonds. The third-order valence-electron chi connectivity index (χ3n) is 3.43. The summed E-state index contributed by atoms with van der Waals surface area (Å²) < 4.78 is 1.81. The van der Waals surface area contributed by atoms with Crippen LogP contribution in [0.15, 0.2) is 42.7 Å². The van der Waals surface area contributed by atoms with Gasteiger partial charge in [-0.3, -0.25) is 19.2 Å². The Hall–Kier alpha value is -2.43. The van der Waals surface area contributed by atoms with E-state index in [9.17, 15) is 9.59 Å². The summed E-state index contributed by atoms with van der Waals surface area (Å²) in [5.41, 5.74) is 1.01. The Morgan fingerprint density at radius 1 is 1.05 bits per heavy atom. The second kappa shape index (κ2) is 4.92. The zero-order valence-corrected chi connectivity index (χ0v) is 11.2.